The second-order valence-electron chi connectivity index (χ2n) is 6.38. The van der Waals surface area contributed by atoms with Gasteiger partial charge in [0, 0.05) is 19.0 Å². The van der Waals surface area contributed by atoms with E-state index in [9.17, 15) is 4.39 Å². The number of aryl methyl sites for hydroxylation is 2. The lowest BCUT2D eigenvalue weighted by atomic mass is 9.84. The molecule has 1 atom stereocenters. The molecule has 4 rings (SSSR count). The Morgan fingerprint density at radius 2 is 2.20 bits per heavy atom. The lowest BCUT2D eigenvalue weighted by molar-refractivity contribution is 0.463. The fourth-order valence-corrected chi connectivity index (χ4v) is 3.39. The monoisotopic (exact) mass is 333 g/mol. The number of rotatable bonds is 2. The molecular weight excluding hydrogens is 317 g/mol. The summed E-state index contributed by atoms with van der Waals surface area (Å²) >= 11 is 0. The fraction of sp³-hybridized carbons (Fsp3) is 0.250. The van der Waals surface area contributed by atoms with E-state index in [4.69, 9.17) is 9.68 Å². The SMILES string of the molecule is Cc1cccnc1-c1nc2c(o1)CCC(c1cc(F)cc(C#N)c1)C2. The zero-order valence-electron chi connectivity index (χ0n) is 13.8. The first-order chi connectivity index (χ1) is 12.1. The van der Waals surface area contributed by atoms with Crippen molar-refractivity contribution in [2.24, 2.45) is 0 Å². The van der Waals surface area contributed by atoms with E-state index >= 15 is 0 Å². The predicted octanol–water partition coefficient (Wildman–Crippen LogP) is 4.33. The van der Waals surface area contributed by atoms with Gasteiger partial charge in [0.15, 0.2) is 0 Å². The Morgan fingerprint density at radius 3 is 3.00 bits per heavy atom. The summed E-state index contributed by atoms with van der Waals surface area (Å²) < 4.78 is 19.7. The minimum absolute atomic E-state index is 0.137. The normalized spacial score (nSPS) is 16.3. The van der Waals surface area contributed by atoms with E-state index < -0.39 is 0 Å². The molecule has 0 saturated heterocycles. The number of nitriles is 1. The maximum atomic E-state index is 13.7. The Morgan fingerprint density at radius 1 is 1.32 bits per heavy atom. The van der Waals surface area contributed by atoms with E-state index in [1.807, 2.05) is 25.1 Å². The van der Waals surface area contributed by atoms with Crippen molar-refractivity contribution in [3.63, 3.8) is 0 Å². The molecule has 5 heteroatoms. The highest BCUT2D eigenvalue weighted by atomic mass is 19.1. The lowest BCUT2D eigenvalue weighted by Gasteiger charge is -2.20. The molecule has 1 aliphatic carbocycles. The fourth-order valence-electron chi connectivity index (χ4n) is 3.39. The maximum absolute atomic E-state index is 13.7. The quantitative estimate of drug-likeness (QED) is 0.700. The summed E-state index contributed by atoms with van der Waals surface area (Å²) in [5, 5.41) is 9.05. The van der Waals surface area contributed by atoms with Crippen LogP contribution < -0.4 is 0 Å². The van der Waals surface area contributed by atoms with Gasteiger partial charge in [-0.2, -0.15) is 5.26 Å². The summed E-state index contributed by atoms with van der Waals surface area (Å²) in [7, 11) is 0. The summed E-state index contributed by atoms with van der Waals surface area (Å²) in [6.07, 6.45) is 4.00. The largest absolute Gasteiger partial charge is 0.440 e. The van der Waals surface area contributed by atoms with Crippen molar-refractivity contribution in [2.45, 2.75) is 32.1 Å². The minimum Gasteiger partial charge on any atom is -0.440 e. The van der Waals surface area contributed by atoms with E-state index in [1.54, 1.807) is 12.3 Å². The second-order valence-corrected chi connectivity index (χ2v) is 6.38. The van der Waals surface area contributed by atoms with Crippen molar-refractivity contribution in [1.82, 2.24) is 9.97 Å². The molecule has 1 aromatic carbocycles. The average molecular weight is 333 g/mol. The smallest absolute Gasteiger partial charge is 0.245 e. The number of hydrogen-bond donors (Lipinski definition) is 0. The minimum atomic E-state index is -0.371. The predicted molar refractivity (Wildman–Crippen MR) is 90.4 cm³/mol. The lowest BCUT2D eigenvalue weighted by Crippen LogP contribution is -2.12. The van der Waals surface area contributed by atoms with Crippen LogP contribution in [0.25, 0.3) is 11.6 Å². The number of benzene rings is 1. The topological polar surface area (TPSA) is 62.7 Å². The van der Waals surface area contributed by atoms with Crippen LogP contribution in [0.15, 0.2) is 40.9 Å². The van der Waals surface area contributed by atoms with Gasteiger partial charge in [-0.1, -0.05) is 6.07 Å². The second kappa shape index (κ2) is 6.14. The molecule has 3 aromatic rings. The molecule has 0 radical (unpaired) electrons. The number of oxazole rings is 1. The summed E-state index contributed by atoms with van der Waals surface area (Å²) in [6.45, 7) is 1.98. The van der Waals surface area contributed by atoms with Crippen LogP contribution in [0.2, 0.25) is 0 Å². The van der Waals surface area contributed by atoms with E-state index in [1.165, 1.54) is 12.1 Å². The Balaban J connectivity index is 1.65. The van der Waals surface area contributed by atoms with Crippen LogP contribution in [-0.4, -0.2) is 9.97 Å². The maximum Gasteiger partial charge on any atom is 0.245 e. The van der Waals surface area contributed by atoms with Crippen molar-refractivity contribution in [2.75, 3.05) is 0 Å². The summed E-state index contributed by atoms with van der Waals surface area (Å²) in [6, 6.07) is 10.4. The summed E-state index contributed by atoms with van der Waals surface area (Å²) in [4.78, 5) is 9.00. The van der Waals surface area contributed by atoms with Crippen molar-refractivity contribution >= 4 is 0 Å². The highest BCUT2D eigenvalue weighted by Crippen LogP contribution is 2.35. The number of pyridine rings is 1. The van der Waals surface area contributed by atoms with Crippen LogP contribution in [0.4, 0.5) is 4.39 Å². The Labute approximate surface area is 145 Å². The molecule has 2 aromatic heterocycles. The van der Waals surface area contributed by atoms with E-state index in [0.29, 0.717) is 17.9 Å². The first-order valence-corrected chi connectivity index (χ1v) is 8.25. The number of aromatic nitrogens is 2. The molecule has 2 heterocycles. The molecule has 4 nitrogen and oxygen atoms in total. The van der Waals surface area contributed by atoms with Gasteiger partial charge in [0.05, 0.1) is 17.3 Å². The Hall–Kier alpha value is -3.00. The van der Waals surface area contributed by atoms with Crippen molar-refractivity contribution in [3.05, 3.63) is 70.5 Å². The van der Waals surface area contributed by atoms with E-state index in [-0.39, 0.29) is 11.7 Å². The molecule has 0 saturated carbocycles. The highest BCUT2D eigenvalue weighted by Gasteiger charge is 2.26. The van der Waals surface area contributed by atoms with Crippen molar-refractivity contribution in [1.29, 1.82) is 5.26 Å². The number of nitrogens with zero attached hydrogens (tertiary/aromatic N) is 3. The number of fused-ring (bicyclic) bond motifs is 1. The average Bonchev–Trinajstić information content (AvgIpc) is 3.04. The molecule has 0 fully saturated rings. The van der Waals surface area contributed by atoms with Crippen molar-refractivity contribution in [3.8, 4) is 17.7 Å². The molecular formula is C20H16FN3O. The van der Waals surface area contributed by atoms with Crippen LogP contribution in [0.1, 0.15) is 40.5 Å². The molecule has 0 bridgehead atoms. The molecule has 0 spiro atoms. The third-order valence-electron chi connectivity index (χ3n) is 4.67. The van der Waals surface area contributed by atoms with Gasteiger partial charge in [-0.3, -0.25) is 4.98 Å². The van der Waals surface area contributed by atoms with Crippen LogP contribution in [0.5, 0.6) is 0 Å². The third-order valence-corrected chi connectivity index (χ3v) is 4.67. The molecule has 0 aliphatic heterocycles. The molecule has 0 amide bonds. The number of hydrogen-bond acceptors (Lipinski definition) is 4. The van der Waals surface area contributed by atoms with Gasteiger partial charge in [0.2, 0.25) is 5.89 Å². The molecule has 124 valence electrons. The van der Waals surface area contributed by atoms with E-state index in [2.05, 4.69) is 9.97 Å². The standard InChI is InChI=1S/C20H16FN3O/c1-12-3-2-6-23-19(12)20-24-17-10-14(4-5-18(17)25-20)15-7-13(11-22)8-16(21)9-15/h2-3,6-9,14H,4-5,10H2,1H3. The molecule has 0 N–H and O–H groups in total. The van der Waals surface area contributed by atoms with Crippen LogP contribution in [-0.2, 0) is 12.8 Å². The first-order valence-electron chi connectivity index (χ1n) is 8.25. The molecule has 1 unspecified atom stereocenters. The first kappa shape index (κ1) is 15.5. The molecule has 25 heavy (non-hydrogen) atoms. The van der Waals surface area contributed by atoms with Gasteiger partial charge < -0.3 is 4.42 Å². The van der Waals surface area contributed by atoms with E-state index in [0.717, 1.165) is 41.1 Å². The molecule has 1 aliphatic rings. The zero-order chi connectivity index (χ0) is 17.4. The van der Waals surface area contributed by atoms with Gasteiger partial charge in [-0.25, -0.2) is 9.37 Å². The zero-order valence-corrected chi connectivity index (χ0v) is 13.8. The van der Waals surface area contributed by atoms with Crippen molar-refractivity contribution < 1.29 is 8.81 Å². The number of halogens is 1. The third kappa shape index (κ3) is 2.91. The van der Waals surface area contributed by atoms with Gasteiger partial charge in [0.25, 0.3) is 0 Å². The summed E-state index contributed by atoms with van der Waals surface area (Å²) in [5.41, 5.74) is 3.87. The Kier molecular flexibility index (Phi) is 3.81. The van der Waals surface area contributed by atoms with Gasteiger partial charge in [-0.15, -0.1) is 0 Å². The van der Waals surface area contributed by atoms with Crippen LogP contribution >= 0.6 is 0 Å². The highest BCUT2D eigenvalue weighted by molar-refractivity contribution is 5.53. The van der Waals surface area contributed by atoms with Gasteiger partial charge >= 0.3 is 0 Å². The summed E-state index contributed by atoms with van der Waals surface area (Å²) in [5.74, 6) is 1.19. The van der Waals surface area contributed by atoms with Gasteiger partial charge in [0.1, 0.15) is 17.3 Å². The van der Waals surface area contributed by atoms with Gasteiger partial charge in [-0.05, 0) is 54.7 Å². The van der Waals surface area contributed by atoms with Crippen LogP contribution in [0, 0.1) is 24.1 Å². The van der Waals surface area contributed by atoms with Crippen LogP contribution in [0.3, 0.4) is 0 Å². The Bertz CT molecular complexity index is 987.